The summed E-state index contributed by atoms with van der Waals surface area (Å²) < 4.78 is 0. The molecular formula is C22H37IN4. The zero-order valence-corrected chi connectivity index (χ0v) is 19.2. The molecule has 152 valence electrons. The summed E-state index contributed by atoms with van der Waals surface area (Å²) in [7, 11) is 0. The molecule has 0 radical (unpaired) electrons. The Labute approximate surface area is 182 Å². The molecule has 1 saturated carbocycles. The Morgan fingerprint density at radius 1 is 1.11 bits per heavy atom. The normalized spacial score (nSPS) is 21.7. The summed E-state index contributed by atoms with van der Waals surface area (Å²) in [6.45, 7) is 7.62. The predicted octanol–water partition coefficient (Wildman–Crippen LogP) is 4.06. The van der Waals surface area contributed by atoms with Crippen molar-refractivity contribution in [2.75, 3.05) is 32.7 Å². The SMILES string of the molecule is CCNC(=NCC1CCN(CCc2ccccc2)C1)NC1CCCCC1.I. The van der Waals surface area contributed by atoms with E-state index in [9.17, 15) is 0 Å². The third kappa shape index (κ3) is 7.98. The molecule has 1 aliphatic heterocycles. The van der Waals surface area contributed by atoms with Crippen LogP contribution >= 0.6 is 24.0 Å². The maximum atomic E-state index is 4.91. The minimum Gasteiger partial charge on any atom is -0.357 e. The molecule has 1 aromatic rings. The highest BCUT2D eigenvalue weighted by Crippen LogP contribution is 2.18. The van der Waals surface area contributed by atoms with E-state index in [0.717, 1.165) is 25.5 Å². The van der Waals surface area contributed by atoms with Gasteiger partial charge in [-0.2, -0.15) is 0 Å². The monoisotopic (exact) mass is 484 g/mol. The number of hydrogen-bond donors (Lipinski definition) is 2. The molecular weight excluding hydrogens is 447 g/mol. The van der Waals surface area contributed by atoms with Gasteiger partial charge in [-0.05, 0) is 50.6 Å². The fourth-order valence-electron chi connectivity index (χ4n) is 4.18. The number of aliphatic imine (C=N–C) groups is 1. The van der Waals surface area contributed by atoms with Crippen LogP contribution in [0.15, 0.2) is 35.3 Å². The highest BCUT2D eigenvalue weighted by atomic mass is 127. The van der Waals surface area contributed by atoms with Crippen LogP contribution in [-0.4, -0.2) is 49.6 Å². The van der Waals surface area contributed by atoms with E-state index in [4.69, 9.17) is 4.99 Å². The van der Waals surface area contributed by atoms with Crippen LogP contribution in [0.25, 0.3) is 0 Å². The van der Waals surface area contributed by atoms with Gasteiger partial charge in [0.05, 0.1) is 0 Å². The number of halogens is 1. The van der Waals surface area contributed by atoms with Crippen LogP contribution in [0.2, 0.25) is 0 Å². The van der Waals surface area contributed by atoms with Crippen LogP contribution in [0, 0.1) is 5.92 Å². The van der Waals surface area contributed by atoms with Crippen molar-refractivity contribution in [3.05, 3.63) is 35.9 Å². The molecule has 2 fully saturated rings. The number of nitrogens with zero attached hydrogens (tertiary/aromatic N) is 2. The summed E-state index contributed by atoms with van der Waals surface area (Å²) in [5, 5.41) is 7.10. The topological polar surface area (TPSA) is 39.7 Å². The smallest absolute Gasteiger partial charge is 0.191 e. The Morgan fingerprint density at radius 2 is 1.89 bits per heavy atom. The number of guanidine groups is 1. The van der Waals surface area contributed by atoms with Crippen molar-refractivity contribution in [1.82, 2.24) is 15.5 Å². The van der Waals surface area contributed by atoms with E-state index in [2.05, 4.69) is 52.8 Å². The quantitative estimate of drug-likeness (QED) is 0.349. The van der Waals surface area contributed by atoms with Crippen molar-refractivity contribution in [3.8, 4) is 0 Å². The fraction of sp³-hybridized carbons (Fsp3) is 0.682. The van der Waals surface area contributed by atoms with Crippen LogP contribution in [0.5, 0.6) is 0 Å². The van der Waals surface area contributed by atoms with E-state index in [1.807, 2.05) is 0 Å². The van der Waals surface area contributed by atoms with Gasteiger partial charge in [0.15, 0.2) is 5.96 Å². The van der Waals surface area contributed by atoms with Crippen molar-refractivity contribution >= 4 is 29.9 Å². The molecule has 0 spiro atoms. The molecule has 2 aliphatic rings. The average Bonchev–Trinajstić information content (AvgIpc) is 3.14. The van der Waals surface area contributed by atoms with Gasteiger partial charge in [-0.25, -0.2) is 0 Å². The standard InChI is InChI=1S/C22H36N4.HI/c1-2-23-22(25-21-11-7-4-8-12-21)24-17-20-14-16-26(18-20)15-13-19-9-5-3-6-10-19;/h3,5-6,9-10,20-21H,2,4,7-8,11-18H2,1H3,(H2,23,24,25);1H. The van der Waals surface area contributed by atoms with Crippen molar-refractivity contribution in [3.63, 3.8) is 0 Å². The third-order valence-corrected chi connectivity index (χ3v) is 5.73. The Morgan fingerprint density at radius 3 is 2.63 bits per heavy atom. The molecule has 5 heteroatoms. The van der Waals surface area contributed by atoms with Gasteiger partial charge < -0.3 is 15.5 Å². The van der Waals surface area contributed by atoms with E-state index in [1.165, 1.54) is 63.7 Å². The summed E-state index contributed by atoms with van der Waals surface area (Å²) in [4.78, 5) is 7.52. The lowest BCUT2D eigenvalue weighted by atomic mass is 9.96. The summed E-state index contributed by atoms with van der Waals surface area (Å²) in [5.41, 5.74) is 1.44. The number of rotatable bonds is 7. The van der Waals surface area contributed by atoms with Crippen LogP contribution in [0.3, 0.4) is 0 Å². The Bertz CT molecular complexity index is 543. The number of hydrogen-bond acceptors (Lipinski definition) is 2. The lowest BCUT2D eigenvalue weighted by Gasteiger charge is -2.25. The minimum absolute atomic E-state index is 0. The van der Waals surface area contributed by atoms with Crippen LogP contribution in [-0.2, 0) is 6.42 Å². The van der Waals surface area contributed by atoms with E-state index < -0.39 is 0 Å². The van der Waals surface area contributed by atoms with Crippen LogP contribution in [0.1, 0.15) is 51.0 Å². The van der Waals surface area contributed by atoms with E-state index >= 15 is 0 Å². The number of benzene rings is 1. The predicted molar refractivity (Wildman–Crippen MR) is 126 cm³/mol. The summed E-state index contributed by atoms with van der Waals surface area (Å²) in [6.07, 6.45) is 9.13. The van der Waals surface area contributed by atoms with Gasteiger partial charge in [-0.1, -0.05) is 49.6 Å². The minimum atomic E-state index is 0. The molecule has 1 unspecified atom stereocenters. The van der Waals surface area contributed by atoms with E-state index in [0.29, 0.717) is 12.0 Å². The van der Waals surface area contributed by atoms with Crippen molar-refractivity contribution in [2.45, 2.75) is 57.9 Å². The zero-order chi connectivity index (χ0) is 18.0. The molecule has 1 aromatic carbocycles. The van der Waals surface area contributed by atoms with E-state index in [-0.39, 0.29) is 24.0 Å². The molecule has 1 saturated heterocycles. The first-order valence-corrected chi connectivity index (χ1v) is 10.6. The van der Waals surface area contributed by atoms with Crippen molar-refractivity contribution in [1.29, 1.82) is 0 Å². The maximum absolute atomic E-state index is 4.91. The fourth-order valence-corrected chi connectivity index (χ4v) is 4.18. The lowest BCUT2D eigenvalue weighted by molar-refractivity contribution is 0.329. The first kappa shape index (κ1) is 22.5. The Hall–Kier alpha value is -0.820. The van der Waals surface area contributed by atoms with Gasteiger partial charge in [0.1, 0.15) is 0 Å². The van der Waals surface area contributed by atoms with Crippen LogP contribution in [0.4, 0.5) is 0 Å². The average molecular weight is 484 g/mol. The molecule has 2 N–H and O–H groups in total. The summed E-state index contributed by atoms with van der Waals surface area (Å²) in [5.74, 6) is 1.73. The second-order valence-corrected chi connectivity index (χ2v) is 7.89. The molecule has 4 nitrogen and oxygen atoms in total. The molecule has 3 rings (SSSR count). The van der Waals surface area contributed by atoms with Gasteiger partial charge in [0, 0.05) is 32.2 Å². The molecule has 27 heavy (non-hydrogen) atoms. The van der Waals surface area contributed by atoms with E-state index in [1.54, 1.807) is 0 Å². The highest BCUT2D eigenvalue weighted by molar-refractivity contribution is 14.0. The van der Waals surface area contributed by atoms with Crippen LogP contribution < -0.4 is 10.6 Å². The molecule has 1 atom stereocenters. The molecule has 1 aliphatic carbocycles. The lowest BCUT2D eigenvalue weighted by Crippen LogP contribution is -2.44. The Kier molecular flexibility index (Phi) is 10.5. The first-order valence-electron chi connectivity index (χ1n) is 10.6. The van der Waals surface area contributed by atoms with Crippen molar-refractivity contribution in [2.24, 2.45) is 10.9 Å². The maximum Gasteiger partial charge on any atom is 0.191 e. The second kappa shape index (κ2) is 12.6. The van der Waals surface area contributed by atoms with Gasteiger partial charge >= 0.3 is 0 Å². The molecule has 0 bridgehead atoms. The summed E-state index contributed by atoms with van der Waals surface area (Å²) >= 11 is 0. The number of likely N-dealkylation sites (tertiary alicyclic amines) is 1. The van der Waals surface area contributed by atoms with Gasteiger partial charge in [-0.3, -0.25) is 4.99 Å². The third-order valence-electron chi connectivity index (χ3n) is 5.73. The largest absolute Gasteiger partial charge is 0.357 e. The number of nitrogens with one attached hydrogen (secondary N) is 2. The second-order valence-electron chi connectivity index (χ2n) is 7.89. The Balaban J connectivity index is 0.00000261. The zero-order valence-electron chi connectivity index (χ0n) is 16.8. The summed E-state index contributed by atoms with van der Waals surface area (Å²) in [6, 6.07) is 11.5. The van der Waals surface area contributed by atoms with Gasteiger partial charge in [-0.15, -0.1) is 24.0 Å². The van der Waals surface area contributed by atoms with Crippen molar-refractivity contribution < 1.29 is 0 Å². The van der Waals surface area contributed by atoms with Gasteiger partial charge in [0.25, 0.3) is 0 Å². The molecule has 1 heterocycles. The molecule has 0 amide bonds. The van der Waals surface area contributed by atoms with Gasteiger partial charge in [0.2, 0.25) is 0 Å². The molecule has 0 aromatic heterocycles. The first-order chi connectivity index (χ1) is 12.8. The highest BCUT2D eigenvalue weighted by Gasteiger charge is 2.22.